The molecule has 0 aliphatic heterocycles. The maximum atomic E-state index is 11.3. The number of nitrogens with zero attached hydrogens (tertiary/aromatic N) is 1. The number of ether oxygens (including phenoxy) is 2. The lowest BCUT2D eigenvalue weighted by Gasteiger charge is -2.06. The zero-order valence-corrected chi connectivity index (χ0v) is 13.6. The van der Waals surface area contributed by atoms with Gasteiger partial charge in [-0.15, -0.1) is 0 Å². The van der Waals surface area contributed by atoms with E-state index in [1.165, 1.54) is 7.11 Å². The topological polar surface area (TPSA) is 72.5 Å². The lowest BCUT2D eigenvalue weighted by Crippen LogP contribution is -1.99. The molecule has 0 fully saturated rings. The Bertz CT molecular complexity index is 902. The third-order valence-corrected chi connectivity index (χ3v) is 3.63. The van der Waals surface area contributed by atoms with Gasteiger partial charge in [-0.1, -0.05) is 24.3 Å². The molecule has 0 unspecified atom stereocenters. The molecule has 1 aromatic heterocycles. The highest BCUT2D eigenvalue weighted by molar-refractivity contribution is 5.86. The summed E-state index contributed by atoms with van der Waals surface area (Å²) >= 11 is 0. The first-order chi connectivity index (χ1) is 12.2. The van der Waals surface area contributed by atoms with Gasteiger partial charge in [-0.25, -0.2) is 4.79 Å². The summed E-state index contributed by atoms with van der Waals surface area (Å²) < 4.78 is 15.6. The summed E-state index contributed by atoms with van der Waals surface area (Å²) in [5.41, 5.74) is 2.69. The fraction of sp³-hybridized carbons (Fsp3) is 0.100. The molecule has 124 valence electrons. The first-order valence-electron chi connectivity index (χ1n) is 7.60. The Kier molecular flexibility index (Phi) is 4.82. The zero-order chi connectivity index (χ0) is 17.6. The Balaban J connectivity index is 1.63. The largest absolute Gasteiger partial charge is 0.486 e. The fourth-order valence-electron chi connectivity index (χ4n) is 2.30. The number of carbonyl (C=O) groups excluding carboxylic acids is 1. The molecular formula is C20H15NO4. The van der Waals surface area contributed by atoms with E-state index in [9.17, 15) is 4.79 Å². The third-order valence-electron chi connectivity index (χ3n) is 3.63. The molecule has 0 radical (unpaired) electrons. The number of rotatable bonds is 5. The van der Waals surface area contributed by atoms with Gasteiger partial charge in [-0.3, -0.25) is 0 Å². The van der Waals surface area contributed by atoms with Crippen LogP contribution in [0.4, 0.5) is 0 Å². The van der Waals surface area contributed by atoms with Crippen LogP contribution in [-0.4, -0.2) is 13.1 Å². The highest BCUT2D eigenvalue weighted by atomic mass is 16.5. The summed E-state index contributed by atoms with van der Waals surface area (Å²) in [7, 11) is 1.30. The van der Waals surface area contributed by atoms with Crippen molar-refractivity contribution < 1.29 is 18.7 Å². The standard InChI is InChI=1S/C20H15NO4/c1-23-20(22)19-11-10-18(25-19)13-24-17-8-6-16(7-9-17)15-4-2-14(12-21)3-5-15/h2-11H,13H2,1H3. The zero-order valence-electron chi connectivity index (χ0n) is 13.6. The van der Waals surface area contributed by atoms with Crippen molar-refractivity contribution in [1.29, 1.82) is 5.26 Å². The number of hydrogen-bond acceptors (Lipinski definition) is 5. The Hall–Kier alpha value is -3.52. The summed E-state index contributed by atoms with van der Waals surface area (Å²) in [6.07, 6.45) is 0. The van der Waals surface area contributed by atoms with E-state index in [1.54, 1.807) is 24.3 Å². The van der Waals surface area contributed by atoms with Crippen LogP contribution in [0.25, 0.3) is 11.1 Å². The molecule has 0 amide bonds. The first kappa shape index (κ1) is 16.3. The van der Waals surface area contributed by atoms with Gasteiger partial charge in [-0.2, -0.15) is 5.26 Å². The Morgan fingerprint density at radius 3 is 2.24 bits per heavy atom. The number of benzene rings is 2. The van der Waals surface area contributed by atoms with Crippen LogP contribution in [0.3, 0.4) is 0 Å². The molecule has 0 saturated carbocycles. The van der Waals surface area contributed by atoms with E-state index in [0.29, 0.717) is 17.1 Å². The van der Waals surface area contributed by atoms with E-state index < -0.39 is 5.97 Å². The average molecular weight is 333 g/mol. The fourth-order valence-corrected chi connectivity index (χ4v) is 2.30. The summed E-state index contributed by atoms with van der Waals surface area (Å²) in [4.78, 5) is 11.3. The second-order valence-corrected chi connectivity index (χ2v) is 5.26. The molecule has 2 aromatic carbocycles. The Labute approximate surface area is 145 Å². The van der Waals surface area contributed by atoms with E-state index in [0.717, 1.165) is 11.1 Å². The van der Waals surface area contributed by atoms with Crippen LogP contribution in [0.5, 0.6) is 5.75 Å². The summed E-state index contributed by atoms with van der Waals surface area (Å²) in [5, 5.41) is 8.83. The number of methoxy groups -OCH3 is 1. The quantitative estimate of drug-likeness (QED) is 0.655. The molecule has 3 rings (SSSR count). The summed E-state index contributed by atoms with van der Waals surface area (Å²) in [5.74, 6) is 0.861. The number of hydrogen-bond donors (Lipinski definition) is 0. The van der Waals surface area contributed by atoms with Crippen LogP contribution >= 0.6 is 0 Å². The van der Waals surface area contributed by atoms with Crippen molar-refractivity contribution in [2.24, 2.45) is 0 Å². The minimum absolute atomic E-state index is 0.150. The van der Waals surface area contributed by atoms with Gasteiger partial charge in [0.05, 0.1) is 18.7 Å². The minimum atomic E-state index is -0.516. The summed E-state index contributed by atoms with van der Waals surface area (Å²) in [6.45, 7) is 0.215. The maximum absolute atomic E-state index is 11.3. The van der Waals surface area contributed by atoms with Gasteiger partial charge in [0, 0.05) is 0 Å². The number of nitriles is 1. The van der Waals surface area contributed by atoms with Crippen LogP contribution in [0.1, 0.15) is 21.9 Å². The molecule has 0 spiro atoms. The average Bonchev–Trinajstić information content (AvgIpc) is 3.15. The molecule has 0 atom stereocenters. The van der Waals surface area contributed by atoms with Crippen LogP contribution in [0, 0.1) is 11.3 Å². The van der Waals surface area contributed by atoms with Crippen molar-refractivity contribution in [1.82, 2.24) is 0 Å². The second kappa shape index (κ2) is 7.37. The van der Waals surface area contributed by atoms with Crippen molar-refractivity contribution in [2.45, 2.75) is 6.61 Å². The van der Waals surface area contributed by atoms with Gasteiger partial charge < -0.3 is 13.9 Å². The van der Waals surface area contributed by atoms with E-state index in [2.05, 4.69) is 10.8 Å². The van der Waals surface area contributed by atoms with E-state index >= 15 is 0 Å². The summed E-state index contributed by atoms with van der Waals surface area (Å²) in [6, 6.07) is 20.3. The van der Waals surface area contributed by atoms with Crippen LogP contribution in [0.2, 0.25) is 0 Å². The second-order valence-electron chi connectivity index (χ2n) is 5.26. The maximum Gasteiger partial charge on any atom is 0.373 e. The van der Waals surface area contributed by atoms with Crippen molar-refractivity contribution in [3.63, 3.8) is 0 Å². The molecule has 25 heavy (non-hydrogen) atoms. The van der Waals surface area contributed by atoms with Crippen molar-refractivity contribution in [3.05, 3.63) is 77.7 Å². The van der Waals surface area contributed by atoms with E-state index in [4.69, 9.17) is 14.4 Å². The van der Waals surface area contributed by atoms with Crippen LogP contribution < -0.4 is 4.74 Å². The van der Waals surface area contributed by atoms with Gasteiger partial charge >= 0.3 is 5.97 Å². The predicted molar refractivity (Wildman–Crippen MR) is 91.0 cm³/mol. The van der Waals surface area contributed by atoms with Gasteiger partial charge in [0.2, 0.25) is 5.76 Å². The normalized spacial score (nSPS) is 10.1. The molecule has 0 bridgehead atoms. The van der Waals surface area contributed by atoms with Gasteiger partial charge in [0.1, 0.15) is 18.1 Å². The van der Waals surface area contributed by atoms with E-state index in [-0.39, 0.29) is 12.4 Å². The van der Waals surface area contributed by atoms with Gasteiger partial charge in [0.25, 0.3) is 0 Å². The van der Waals surface area contributed by atoms with Crippen LogP contribution in [-0.2, 0) is 11.3 Å². The molecule has 5 heteroatoms. The lowest BCUT2D eigenvalue weighted by molar-refractivity contribution is 0.0561. The lowest BCUT2D eigenvalue weighted by atomic mass is 10.0. The molecule has 0 aliphatic rings. The Morgan fingerprint density at radius 1 is 1.00 bits per heavy atom. The first-order valence-corrected chi connectivity index (χ1v) is 7.60. The molecule has 1 heterocycles. The number of furan rings is 1. The Morgan fingerprint density at radius 2 is 1.64 bits per heavy atom. The van der Waals surface area contributed by atoms with Gasteiger partial charge in [0.15, 0.2) is 0 Å². The predicted octanol–water partition coefficient (Wildman–Crippen LogP) is 4.18. The van der Waals surface area contributed by atoms with Crippen LogP contribution in [0.15, 0.2) is 65.1 Å². The SMILES string of the molecule is COC(=O)c1ccc(COc2ccc(-c3ccc(C#N)cc3)cc2)o1. The molecule has 0 aliphatic carbocycles. The third kappa shape index (κ3) is 3.88. The smallest absolute Gasteiger partial charge is 0.373 e. The van der Waals surface area contributed by atoms with Crippen molar-refractivity contribution >= 4 is 5.97 Å². The molecule has 3 aromatic rings. The minimum Gasteiger partial charge on any atom is -0.486 e. The molecule has 0 saturated heterocycles. The number of carbonyl (C=O) groups is 1. The monoisotopic (exact) mass is 333 g/mol. The highest BCUT2D eigenvalue weighted by Gasteiger charge is 2.11. The number of esters is 1. The molecule has 0 N–H and O–H groups in total. The van der Waals surface area contributed by atoms with Crippen molar-refractivity contribution in [2.75, 3.05) is 7.11 Å². The van der Waals surface area contributed by atoms with Gasteiger partial charge in [-0.05, 0) is 47.5 Å². The molecule has 5 nitrogen and oxygen atoms in total. The highest BCUT2D eigenvalue weighted by Crippen LogP contribution is 2.23. The van der Waals surface area contributed by atoms with Crippen molar-refractivity contribution in [3.8, 4) is 22.9 Å². The molecular weight excluding hydrogens is 318 g/mol. The van der Waals surface area contributed by atoms with E-state index in [1.807, 2.05) is 36.4 Å².